The molecule has 1 aromatic carbocycles. The molecule has 0 aliphatic carbocycles. The van der Waals surface area contributed by atoms with Crippen molar-refractivity contribution in [1.29, 1.82) is 0 Å². The molecule has 0 spiro atoms. The monoisotopic (exact) mass is 287 g/mol. The summed E-state index contributed by atoms with van der Waals surface area (Å²) < 4.78 is 5.53. The highest BCUT2D eigenvalue weighted by Crippen LogP contribution is 2.32. The molecule has 0 atom stereocenters. The summed E-state index contributed by atoms with van der Waals surface area (Å²) in [6.07, 6.45) is 2.38. The van der Waals surface area contributed by atoms with E-state index in [2.05, 4.69) is 18.7 Å². The Balaban J connectivity index is 1.95. The SMILES string of the molecule is CC1(C)CCCN(Cc2c(C(=O)O)oc3ccccc23)C1. The lowest BCUT2D eigenvalue weighted by molar-refractivity contribution is 0.0658. The standard InChI is InChI=1S/C17H21NO3/c1-17(2)8-5-9-18(11-17)10-13-12-6-3-4-7-14(12)21-15(13)16(19)20/h3-4,6-7H,5,8-11H2,1-2H3,(H,19,20). The number of carboxylic acid groups (broad SMARTS) is 1. The summed E-state index contributed by atoms with van der Waals surface area (Å²) in [5.41, 5.74) is 1.75. The molecular weight excluding hydrogens is 266 g/mol. The van der Waals surface area contributed by atoms with Crippen molar-refractivity contribution >= 4 is 16.9 Å². The van der Waals surface area contributed by atoms with Crippen LogP contribution in [-0.2, 0) is 6.54 Å². The van der Waals surface area contributed by atoms with Gasteiger partial charge in [-0.15, -0.1) is 0 Å². The van der Waals surface area contributed by atoms with E-state index in [1.54, 1.807) is 0 Å². The zero-order valence-corrected chi connectivity index (χ0v) is 12.6. The van der Waals surface area contributed by atoms with Gasteiger partial charge in [0, 0.05) is 24.0 Å². The molecule has 1 aliphatic heterocycles. The molecule has 0 radical (unpaired) electrons. The molecule has 0 unspecified atom stereocenters. The van der Waals surface area contributed by atoms with Crippen molar-refractivity contribution in [1.82, 2.24) is 4.90 Å². The van der Waals surface area contributed by atoms with E-state index in [0.29, 0.717) is 17.5 Å². The Morgan fingerprint density at radius 2 is 2.14 bits per heavy atom. The van der Waals surface area contributed by atoms with Crippen molar-refractivity contribution in [3.8, 4) is 0 Å². The van der Waals surface area contributed by atoms with Crippen LogP contribution < -0.4 is 0 Å². The maximum Gasteiger partial charge on any atom is 0.372 e. The Labute approximate surface area is 124 Å². The number of likely N-dealkylation sites (tertiary alicyclic amines) is 1. The zero-order chi connectivity index (χ0) is 15.0. The molecule has 1 aliphatic rings. The van der Waals surface area contributed by atoms with Crippen LogP contribution in [0, 0.1) is 5.41 Å². The fourth-order valence-electron chi connectivity index (χ4n) is 3.33. The number of para-hydroxylation sites is 1. The Morgan fingerprint density at radius 3 is 2.86 bits per heavy atom. The van der Waals surface area contributed by atoms with Gasteiger partial charge in [-0.25, -0.2) is 4.79 Å². The van der Waals surface area contributed by atoms with E-state index in [1.165, 1.54) is 6.42 Å². The Kier molecular flexibility index (Phi) is 3.49. The lowest BCUT2D eigenvalue weighted by Crippen LogP contribution is -2.39. The van der Waals surface area contributed by atoms with E-state index in [4.69, 9.17) is 4.42 Å². The van der Waals surface area contributed by atoms with Gasteiger partial charge in [-0.2, -0.15) is 0 Å². The number of fused-ring (bicyclic) bond motifs is 1. The van der Waals surface area contributed by atoms with Crippen LogP contribution in [0.25, 0.3) is 11.0 Å². The molecule has 21 heavy (non-hydrogen) atoms. The van der Waals surface area contributed by atoms with E-state index >= 15 is 0 Å². The van der Waals surface area contributed by atoms with Gasteiger partial charge in [-0.1, -0.05) is 32.0 Å². The molecular formula is C17H21NO3. The van der Waals surface area contributed by atoms with Gasteiger partial charge in [-0.05, 0) is 30.9 Å². The highest BCUT2D eigenvalue weighted by molar-refractivity contribution is 5.95. The van der Waals surface area contributed by atoms with Gasteiger partial charge in [0.15, 0.2) is 0 Å². The highest BCUT2D eigenvalue weighted by atomic mass is 16.4. The molecule has 1 aromatic heterocycles. The maximum absolute atomic E-state index is 11.4. The molecule has 1 N–H and O–H groups in total. The first-order chi connectivity index (χ1) is 9.96. The van der Waals surface area contributed by atoms with E-state index in [1.807, 2.05) is 24.3 Å². The summed E-state index contributed by atoms with van der Waals surface area (Å²) in [5, 5.41) is 10.3. The van der Waals surface area contributed by atoms with Gasteiger partial charge < -0.3 is 9.52 Å². The largest absolute Gasteiger partial charge is 0.475 e. The first-order valence-corrected chi connectivity index (χ1v) is 7.42. The predicted octanol–water partition coefficient (Wildman–Crippen LogP) is 3.75. The van der Waals surface area contributed by atoms with Crippen molar-refractivity contribution in [2.45, 2.75) is 33.2 Å². The minimum Gasteiger partial charge on any atom is -0.475 e. The molecule has 4 heteroatoms. The van der Waals surface area contributed by atoms with E-state index in [9.17, 15) is 9.90 Å². The van der Waals surface area contributed by atoms with Crippen molar-refractivity contribution in [3.63, 3.8) is 0 Å². The van der Waals surface area contributed by atoms with Gasteiger partial charge in [0.1, 0.15) is 5.58 Å². The van der Waals surface area contributed by atoms with E-state index in [-0.39, 0.29) is 5.76 Å². The van der Waals surface area contributed by atoms with Crippen molar-refractivity contribution < 1.29 is 14.3 Å². The lowest BCUT2D eigenvalue weighted by atomic mass is 9.84. The Morgan fingerprint density at radius 1 is 1.38 bits per heavy atom. The van der Waals surface area contributed by atoms with Crippen molar-refractivity contribution in [3.05, 3.63) is 35.6 Å². The molecule has 3 rings (SSSR count). The average molecular weight is 287 g/mol. The number of hydrogen-bond donors (Lipinski definition) is 1. The number of benzene rings is 1. The first-order valence-electron chi connectivity index (χ1n) is 7.42. The number of carbonyl (C=O) groups is 1. The van der Waals surface area contributed by atoms with Crippen LogP contribution in [0.4, 0.5) is 0 Å². The van der Waals surface area contributed by atoms with Crippen LogP contribution in [0.3, 0.4) is 0 Å². The van der Waals surface area contributed by atoms with Gasteiger partial charge in [0.2, 0.25) is 5.76 Å². The highest BCUT2D eigenvalue weighted by Gasteiger charge is 2.28. The molecule has 0 amide bonds. The van der Waals surface area contributed by atoms with Crippen LogP contribution in [0.2, 0.25) is 0 Å². The molecule has 2 heterocycles. The van der Waals surface area contributed by atoms with Gasteiger partial charge >= 0.3 is 5.97 Å². The Bertz CT molecular complexity index is 672. The third-order valence-corrected chi connectivity index (χ3v) is 4.25. The second kappa shape index (κ2) is 5.19. The summed E-state index contributed by atoms with van der Waals surface area (Å²) in [4.78, 5) is 13.8. The number of carboxylic acids is 1. The first kappa shape index (κ1) is 14.1. The second-order valence-corrected chi connectivity index (χ2v) is 6.69. The smallest absolute Gasteiger partial charge is 0.372 e. The van der Waals surface area contributed by atoms with Crippen LogP contribution in [0.1, 0.15) is 42.8 Å². The van der Waals surface area contributed by atoms with E-state index in [0.717, 1.165) is 30.5 Å². The third kappa shape index (κ3) is 2.81. The molecule has 112 valence electrons. The van der Waals surface area contributed by atoms with Gasteiger partial charge in [-0.3, -0.25) is 4.90 Å². The average Bonchev–Trinajstić information content (AvgIpc) is 2.77. The number of aromatic carboxylic acids is 1. The molecule has 0 bridgehead atoms. The summed E-state index contributed by atoms with van der Waals surface area (Å²) in [6, 6.07) is 7.56. The summed E-state index contributed by atoms with van der Waals surface area (Å²) >= 11 is 0. The fourth-order valence-corrected chi connectivity index (χ4v) is 3.33. The quantitative estimate of drug-likeness (QED) is 0.934. The lowest BCUT2D eigenvalue weighted by Gasteiger charge is -2.38. The molecule has 0 saturated carbocycles. The fraction of sp³-hybridized carbons (Fsp3) is 0.471. The van der Waals surface area contributed by atoms with Crippen LogP contribution in [-0.4, -0.2) is 29.1 Å². The number of furan rings is 1. The zero-order valence-electron chi connectivity index (χ0n) is 12.6. The third-order valence-electron chi connectivity index (χ3n) is 4.25. The minimum absolute atomic E-state index is 0.0829. The van der Waals surface area contributed by atoms with Crippen molar-refractivity contribution in [2.75, 3.05) is 13.1 Å². The predicted molar refractivity (Wildman–Crippen MR) is 81.5 cm³/mol. The summed E-state index contributed by atoms with van der Waals surface area (Å²) in [7, 11) is 0. The molecule has 2 aromatic rings. The Hall–Kier alpha value is -1.81. The molecule has 1 fully saturated rings. The number of hydrogen-bond acceptors (Lipinski definition) is 3. The topological polar surface area (TPSA) is 53.7 Å². The number of rotatable bonds is 3. The maximum atomic E-state index is 11.4. The van der Waals surface area contributed by atoms with Crippen molar-refractivity contribution in [2.24, 2.45) is 5.41 Å². The second-order valence-electron chi connectivity index (χ2n) is 6.69. The molecule has 4 nitrogen and oxygen atoms in total. The number of piperidine rings is 1. The van der Waals surface area contributed by atoms with Crippen LogP contribution >= 0.6 is 0 Å². The van der Waals surface area contributed by atoms with Crippen LogP contribution in [0.15, 0.2) is 28.7 Å². The van der Waals surface area contributed by atoms with Gasteiger partial charge in [0.05, 0.1) is 0 Å². The summed E-state index contributed by atoms with van der Waals surface area (Å²) in [5.74, 6) is -0.906. The normalized spacial score (nSPS) is 19.0. The minimum atomic E-state index is -0.988. The summed E-state index contributed by atoms with van der Waals surface area (Å²) in [6.45, 7) is 7.19. The van der Waals surface area contributed by atoms with Gasteiger partial charge in [0.25, 0.3) is 0 Å². The molecule has 1 saturated heterocycles. The van der Waals surface area contributed by atoms with Crippen LogP contribution in [0.5, 0.6) is 0 Å². The number of nitrogens with zero attached hydrogens (tertiary/aromatic N) is 1. The van der Waals surface area contributed by atoms with E-state index < -0.39 is 5.97 Å².